The molecule has 0 aliphatic rings. The SMILES string of the molecule is O=C([O-])CC(F)(F)C(=O)[O-]. The predicted octanol–water partition coefficient (Wildman–Crippen LogP) is -2.49. The van der Waals surface area contributed by atoms with Crippen LogP contribution in [0.2, 0.25) is 0 Å². The van der Waals surface area contributed by atoms with Crippen molar-refractivity contribution in [2.45, 2.75) is 12.3 Å². The van der Waals surface area contributed by atoms with Crippen LogP contribution < -0.4 is 10.2 Å². The third-order valence-electron chi connectivity index (χ3n) is 0.665. The molecule has 6 heteroatoms. The van der Waals surface area contributed by atoms with Crippen LogP contribution in [0.5, 0.6) is 0 Å². The molecule has 4 nitrogen and oxygen atoms in total. The van der Waals surface area contributed by atoms with Crippen molar-refractivity contribution < 1.29 is 28.6 Å². The van der Waals surface area contributed by atoms with E-state index in [2.05, 4.69) is 0 Å². The molecular formula is C4H2F2O4-2. The molecule has 0 radical (unpaired) electrons. The molecule has 0 saturated heterocycles. The number of hydrogen-bond acceptors (Lipinski definition) is 4. The molecule has 0 spiro atoms. The first-order chi connectivity index (χ1) is 4.36. The Balaban J connectivity index is 4.13. The van der Waals surface area contributed by atoms with E-state index in [0.717, 1.165) is 0 Å². The van der Waals surface area contributed by atoms with Crippen LogP contribution in [-0.2, 0) is 9.59 Å². The van der Waals surface area contributed by atoms with Crippen molar-refractivity contribution >= 4 is 11.9 Å². The monoisotopic (exact) mass is 152 g/mol. The molecule has 0 heterocycles. The molecule has 0 amide bonds. The number of carboxylic acid groups (broad SMARTS) is 2. The number of hydrogen-bond donors (Lipinski definition) is 0. The number of carbonyl (C=O) groups excluding carboxylic acids is 2. The van der Waals surface area contributed by atoms with Gasteiger partial charge in [0.25, 0.3) is 5.92 Å². The van der Waals surface area contributed by atoms with Gasteiger partial charge >= 0.3 is 0 Å². The number of rotatable bonds is 3. The number of carboxylic acids is 2. The standard InChI is InChI=1S/C4H4F2O4/c5-4(6,3(9)10)1-2(7)8/h1H2,(H,7,8)(H,9,10)/p-2. The van der Waals surface area contributed by atoms with E-state index in [4.69, 9.17) is 0 Å². The van der Waals surface area contributed by atoms with Crippen LogP contribution >= 0.6 is 0 Å². The zero-order valence-electron chi connectivity index (χ0n) is 4.60. The summed E-state index contributed by atoms with van der Waals surface area (Å²) in [5.74, 6) is -9.18. The lowest BCUT2D eigenvalue weighted by Gasteiger charge is -2.16. The van der Waals surface area contributed by atoms with Gasteiger partial charge in [-0.2, -0.15) is 8.78 Å². The number of halogens is 2. The van der Waals surface area contributed by atoms with Crippen molar-refractivity contribution in [1.29, 1.82) is 0 Å². The van der Waals surface area contributed by atoms with Crippen molar-refractivity contribution in [3.8, 4) is 0 Å². The van der Waals surface area contributed by atoms with E-state index in [9.17, 15) is 28.6 Å². The summed E-state index contributed by atoms with van der Waals surface area (Å²) in [6.07, 6.45) is -1.85. The van der Waals surface area contributed by atoms with Crippen LogP contribution in [0, 0.1) is 0 Å². The average molecular weight is 152 g/mol. The number of aliphatic carboxylic acids is 2. The first-order valence-electron chi connectivity index (χ1n) is 2.15. The Hall–Kier alpha value is -1.20. The summed E-state index contributed by atoms with van der Waals surface area (Å²) in [5, 5.41) is 18.8. The summed E-state index contributed by atoms with van der Waals surface area (Å²) in [6.45, 7) is 0. The van der Waals surface area contributed by atoms with Gasteiger partial charge in [0.15, 0.2) is 0 Å². The van der Waals surface area contributed by atoms with Crippen LogP contribution in [0.3, 0.4) is 0 Å². The highest BCUT2D eigenvalue weighted by Gasteiger charge is 2.30. The van der Waals surface area contributed by atoms with Crippen LogP contribution in [0.4, 0.5) is 8.78 Å². The van der Waals surface area contributed by atoms with E-state index in [-0.39, 0.29) is 0 Å². The van der Waals surface area contributed by atoms with Gasteiger partial charge in [-0.1, -0.05) is 0 Å². The molecule has 0 rings (SSSR count). The lowest BCUT2D eigenvalue weighted by Crippen LogP contribution is -2.45. The molecule has 0 fully saturated rings. The highest BCUT2D eigenvalue weighted by atomic mass is 19.3. The van der Waals surface area contributed by atoms with Gasteiger partial charge in [0, 0.05) is 5.97 Å². The Labute approximate surface area is 54.1 Å². The second kappa shape index (κ2) is 2.59. The Kier molecular flexibility index (Phi) is 2.28. The fourth-order valence-electron chi connectivity index (χ4n) is 0.253. The third-order valence-corrected chi connectivity index (χ3v) is 0.665. The van der Waals surface area contributed by atoms with Gasteiger partial charge in [0.1, 0.15) is 5.97 Å². The molecule has 0 aliphatic carbocycles. The Morgan fingerprint density at radius 1 is 1.30 bits per heavy atom. The van der Waals surface area contributed by atoms with E-state index in [1.165, 1.54) is 0 Å². The minimum Gasteiger partial charge on any atom is -0.550 e. The highest BCUT2D eigenvalue weighted by Crippen LogP contribution is 2.15. The van der Waals surface area contributed by atoms with Crippen molar-refractivity contribution in [3.05, 3.63) is 0 Å². The predicted molar refractivity (Wildman–Crippen MR) is 19.6 cm³/mol. The summed E-state index contributed by atoms with van der Waals surface area (Å²) in [4.78, 5) is 18.8. The topological polar surface area (TPSA) is 80.3 Å². The van der Waals surface area contributed by atoms with Crippen molar-refractivity contribution in [3.63, 3.8) is 0 Å². The van der Waals surface area contributed by atoms with Crippen molar-refractivity contribution in [2.75, 3.05) is 0 Å². The summed E-state index contributed by atoms with van der Waals surface area (Å²) in [7, 11) is 0. The minimum atomic E-state index is -4.33. The van der Waals surface area contributed by atoms with Gasteiger partial charge in [-0.25, -0.2) is 0 Å². The molecule has 0 saturated carbocycles. The summed E-state index contributed by atoms with van der Waals surface area (Å²) in [5.41, 5.74) is 0. The van der Waals surface area contributed by atoms with E-state index >= 15 is 0 Å². The quantitative estimate of drug-likeness (QED) is 0.448. The zero-order valence-corrected chi connectivity index (χ0v) is 4.60. The fraction of sp³-hybridized carbons (Fsp3) is 0.500. The van der Waals surface area contributed by atoms with Crippen LogP contribution in [-0.4, -0.2) is 17.9 Å². The van der Waals surface area contributed by atoms with E-state index < -0.39 is 24.3 Å². The van der Waals surface area contributed by atoms with E-state index in [0.29, 0.717) is 0 Å². The molecule has 0 unspecified atom stereocenters. The van der Waals surface area contributed by atoms with Gasteiger partial charge in [0.2, 0.25) is 0 Å². The maximum atomic E-state index is 11.7. The highest BCUT2D eigenvalue weighted by molar-refractivity contribution is 5.79. The molecule has 0 aromatic carbocycles. The summed E-state index contributed by atoms with van der Waals surface area (Å²) >= 11 is 0. The lowest BCUT2D eigenvalue weighted by molar-refractivity contribution is -0.338. The normalized spacial score (nSPS) is 11.0. The van der Waals surface area contributed by atoms with E-state index in [1.807, 2.05) is 0 Å². The zero-order chi connectivity index (χ0) is 8.36. The van der Waals surface area contributed by atoms with Gasteiger partial charge in [-0.15, -0.1) is 0 Å². The molecule has 0 aliphatic heterocycles. The summed E-state index contributed by atoms with van der Waals surface area (Å²) in [6, 6.07) is 0. The molecule has 0 bridgehead atoms. The van der Waals surface area contributed by atoms with Gasteiger partial charge in [0.05, 0.1) is 6.42 Å². The van der Waals surface area contributed by atoms with Crippen LogP contribution in [0.25, 0.3) is 0 Å². The molecular weight excluding hydrogens is 150 g/mol. The molecule has 0 atom stereocenters. The van der Waals surface area contributed by atoms with Crippen LogP contribution in [0.15, 0.2) is 0 Å². The molecule has 0 aromatic rings. The van der Waals surface area contributed by atoms with Gasteiger partial charge < -0.3 is 19.8 Å². The van der Waals surface area contributed by atoms with Crippen molar-refractivity contribution in [1.82, 2.24) is 0 Å². The maximum absolute atomic E-state index is 11.7. The smallest absolute Gasteiger partial charge is 0.292 e. The minimum absolute atomic E-state index is 1.85. The number of carbonyl (C=O) groups is 2. The molecule has 58 valence electrons. The Morgan fingerprint density at radius 3 is 1.80 bits per heavy atom. The molecule has 0 N–H and O–H groups in total. The maximum Gasteiger partial charge on any atom is 0.292 e. The first kappa shape index (κ1) is 8.80. The third kappa shape index (κ3) is 2.38. The Bertz CT molecular complexity index is 165. The first-order valence-corrected chi connectivity index (χ1v) is 2.15. The second-order valence-corrected chi connectivity index (χ2v) is 1.54. The largest absolute Gasteiger partial charge is 0.550 e. The lowest BCUT2D eigenvalue weighted by atomic mass is 10.2. The fourth-order valence-corrected chi connectivity index (χ4v) is 0.253. The average Bonchev–Trinajstić information content (AvgIpc) is 1.60. The van der Waals surface area contributed by atoms with Gasteiger partial charge in [-0.05, 0) is 0 Å². The van der Waals surface area contributed by atoms with Gasteiger partial charge in [-0.3, -0.25) is 0 Å². The van der Waals surface area contributed by atoms with E-state index in [1.54, 1.807) is 0 Å². The molecule has 0 aromatic heterocycles. The van der Waals surface area contributed by atoms with Crippen LogP contribution in [0.1, 0.15) is 6.42 Å². The second-order valence-electron chi connectivity index (χ2n) is 1.54. The number of alkyl halides is 2. The van der Waals surface area contributed by atoms with Crippen molar-refractivity contribution in [2.24, 2.45) is 0 Å². The Morgan fingerprint density at radius 2 is 1.70 bits per heavy atom. The summed E-state index contributed by atoms with van der Waals surface area (Å²) < 4.78 is 23.4. The molecule has 10 heavy (non-hydrogen) atoms.